The van der Waals surface area contributed by atoms with Gasteiger partial charge in [0.05, 0.1) is 31.4 Å². The fourth-order valence-corrected chi connectivity index (χ4v) is 4.84. The number of aliphatic imine (C=N–C) groups is 2. The van der Waals surface area contributed by atoms with E-state index in [0.29, 0.717) is 22.2 Å². The maximum Gasteiger partial charge on any atom is 0.234 e. The maximum atomic E-state index is 12.8. The predicted octanol–water partition coefficient (Wildman–Crippen LogP) is 4.35. The molecule has 0 atom stereocenters. The number of carbonyl (C=O) groups excluding carboxylic acids is 1. The maximum absolute atomic E-state index is 12.8. The predicted molar refractivity (Wildman–Crippen MR) is 136 cm³/mol. The molecule has 0 radical (unpaired) electrons. The Hall–Kier alpha value is -2.55. The van der Waals surface area contributed by atoms with E-state index in [4.69, 9.17) is 31.1 Å². The minimum absolute atomic E-state index is 0.147. The molecule has 0 aliphatic carbocycles. The smallest absolute Gasteiger partial charge is 0.234 e. The van der Waals surface area contributed by atoms with E-state index in [1.807, 2.05) is 24.3 Å². The summed E-state index contributed by atoms with van der Waals surface area (Å²) >= 11 is 7.49. The Morgan fingerprint density at radius 1 is 1.12 bits per heavy atom. The van der Waals surface area contributed by atoms with E-state index < -0.39 is 5.66 Å². The Labute approximate surface area is 203 Å². The van der Waals surface area contributed by atoms with Crippen molar-refractivity contribution in [2.75, 3.05) is 45.4 Å². The monoisotopic (exact) mass is 486 g/mol. The Morgan fingerprint density at radius 2 is 1.85 bits per heavy atom. The van der Waals surface area contributed by atoms with Crippen LogP contribution in [0.15, 0.2) is 52.4 Å². The number of hydrogen-bond donors (Lipinski definition) is 1. The first-order valence-corrected chi connectivity index (χ1v) is 12.1. The summed E-state index contributed by atoms with van der Waals surface area (Å²) < 4.78 is 10.6. The molecule has 4 rings (SSSR count). The van der Waals surface area contributed by atoms with Gasteiger partial charge in [0.2, 0.25) is 5.91 Å². The van der Waals surface area contributed by atoms with Gasteiger partial charge in [0.25, 0.3) is 0 Å². The van der Waals surface area contributed by atoms with Crippen LogP contribution < -0.4 is 14.8 Å². The first-order valence-electron chi connectivity index (χ1n) is 10.7. The minimum atomic E-state index is -0.445. The third-order valence-electron chi connectivity index (χ3n) is 5.76. The van der Waals surface area contributed by atoms with Crippen molar-refractivity contribution in [2.45, 2.75) is 18.5 Å². The van der Waals surface area contributed by atoms with Crippen LogP contribution in [0.25, 0.3) is 0 Å². The number of rotatable bonds is 6. The van der Waals surface area contributed by atoms with Crippen molar-refractivity contribution in [1.29, 1.82) is 0 Å². The van der Waals surface area contributed by atoms with Gasteiger partial charge in [0.15, 0.2) is 5.66 Å². The van der Waals surface area contributed by atoms with Gasteiger partial charge >= 0.3 is 0 Å². The summed E-state index contributed by atoms with van der Waals surface area (Å²) in [5, 5.41) is 4.38. The lowest BCUT2D eigenvalue weighted by molar-refractivity contribution is -0.113. The standard InChI is InChI=1S/C24H27ClN4O3S/c1-29-12-10-24(11-13-29)27-22(16-4-6-17(25)7-5-16)23(28-24)33-15-21(30)26-19-9-8-18(31-2)14-20(19)32-3/h4-9,14H,10-13,15H2,1-3H3,(H,26,30). The van der Waals surface area contributed by atoms with E-state index in [1.165, 1.54) is 11.8 Å². The molecule has 0 aromatic heterocycles. The van der Waals surface area contributed by atoms with Crippen LogP contribution in [0.1, 0.15) is 18.4 Å². The Morgan fingerprint density at radius 3 is 2.52 bits per heavy atom. The Bertz CT molecular complexity index is 1080. The van der Waals surface area contributed by atoms with Crippen LogP contribution in [0.4, 0.5) is 5.69 Å². The van der Waals surface area contributed by atoms with Gasteiger partial charge in [-0.2, -0.15) is 0 Å². The number of halogens is 1. The van der Waals surface area contributed by atoms with Crippen LogP contribution in [0.2, 0.25) is 5.02 Å². The van der Waals surface area contributed by atoms with Crippen molar-refractivity contribution in [3.05, 3.63) is 53.1 Å². The van der Waals surface area contributed by atoms with Crippen molar-refractivity contribution < 1.29 is 14.3 Å². The third-order valence-corrected chi connectivity index (χ3v) is 6.98. The second-order valence-corrected chi connectivity index (χ2v) is 9.47. The lowest BCUT2D eigenvalue weighted by atomic mass is 9.99. The van der Waals surface area contributed by atoms with Crippen LogP contribution in [-0.2, 0) is 4.79 Å². The zero-order valence-corrected chi connectivity index (χ0v) is 20.5. The lowest BCUT2D eigenvalue weighted by Crippen LogP contribution is -2.39. The van der Waals surface area contributed by atoms with Gasteiger partial charge in [-0.3, -0.25) is 9.79 Å². The molecule has 2 aliphatic rings. The number of thioether (sulfide) groups is 1. The number of anilines is 1. The highest BCUT2D eigenvalue weighted by Gasteiger charge is 2.39. The molecule has 2 aliphatic heterocycles. The highest BCUT2D eigenvalue weighted by atomic mass is 35.5. The lowest BCUT2D eigenvalue weighted by Gasteiger charge is -2.33. The average molecular weight is 487 g/mol. The second-order valence-electron chi connectivity index (χ2n) is 8.07. The van der Waals surface area contributed by atoms with Gasteiger partial charge < -0.3 is 19.7 Å². The summed E-state index contributed by atoms with van der Waals surface area (Å²) in [5.41, 5.74) is 1.94. The molecule has 1 amide bonds. The molecule has 1 fully saturated rings. The molecule has 7 nitrogen and oxygen atoms in total. The summed E-state index contributed by atoms with van der Waals surface area (Å²) in [7, 11) is 5.26. The number of amides is 1. The number of benzene rings is 2. The molecule has 2 aromatic carbocycles. The fraction of sp³-hybridized carbons (Fsp3) is 0.375. The number of ether oxygens (including phenoxy) is 2. The molecule has 2 heterocycles. The highest BCUT2D eigenvalue weighted by molar-refractivity contribution is 8.16. The molecule has 1 saturated heterocycles. The molecule has 1 spiro atoms. The number of carbonyl (C=O) groups is 1. The van der Waals surface area contributed by atoms with Crippen molar-refractivity contribution >= 4 is 45.7 Å². The first kappa shape index (κ1) is 23.6. The van der Waals surface area contributed by atoms with E-state index in [2.05, 4.69) is 17.3 Å². The molecule has 0 unspecified atom stereocenters. The van der Waals surface area contributed by atoms with Gasteiger partial charge in [0, 0.05) is 42.6 Å². The quantitative estimate of drug-likeness (QED) is 0.656. The van der Waals surface area contributed by atoms with Gasteiger partial charge in [0.1, 0.15) is 16.5 Å². The van der Waals surface area contributed by atoms with Gasteiger partial charge in [-0.05, 0) is 31.3 Å². The van der Waals surface area contributed by atoms with E-state index in [9.17, 15) is 4.79 Å². The van der Waals surface area contributed by atoms with Crippen LogP contribution in [0, 0.1) is 0 Å². The van der Waals surface area contributed by atoms with Crippen molar-refractivity contribution in [3.63, 3.8) is 0 Å². The average Bonchev–Trinajstić information content (AvgIpc) is 3.18. The van der Waals surface area contributed by atoms with Crippen LogP contribution in [-0.4, -0.2) is 67.3 Å². The third kappa shape index (κ3) is 5.51. The Kier molecular flexibility index (Phi) is 7.26. The first-order chi connectivity index (χ1) is 15.9. The number of piperidine rings is 1. The van der Waals surface area contributed by atoms with E-state index in [0.717, 1.165) is 42.3 Å². The van der Waals surface area contributed by atoms with Crippen molar-refractivity contribution in [1.82, 2.24) is 4.90 Å². The number of methoxy groups -OCH3 is 2. The number of likely N-dealkylation sites (tertiary alicyclic amines) is 1. The molecule has 33 heavy (non-hydrogen) atoms. The molecular formula is C24H27ClN4O3S. The highest BCUT2D eigenvalue weighted by Crippen LogP contribution is 2.35. The van der Waals surface area contributed by atoms with Gasteiger partial charge in [-0.1, -0.05) is 35.5 Å². The molecule has 1 N–H and O–H groups in total. The zero-order chi connectivity index (χ0) is 23.4. The fourth-order valence-electron chi connectivity index (χ4n) is 3.84. The summed E-state index contributed by atoms with van der Waals surface area (Å²) in [5.74, 6) is 1.26. The summed E-state index contributed by atoms with van der Waals surface area (Å²) in [4.78, 5) is 25.1. The van der Waals surface area contributed by atoms with Crippen LogP contribution in [0.3, 0.4) is 0 Å². The normalized spacial score (nSPS) is 17.5. The summed E-state index contributed by atoms with van der Waals surface area (Å²) in [6, 6.07) is 12.9. The largest absolute Gasteiger partial charge is 0.497 e. The Balaban J connectivity index is 1.50. The minimum Gasteiger partial charge on any atom is -0.497 e. The molecule has 9 heteroatoms. The van der Waals surface area contributed by atoms with E-state index >= 15 is 0 Å². The van der Waals surface area contributed by atoms with E-state index in [1.54, 1.807) is 32.4 Å². The van der Waals surface area contributed by atoms with Crippen molar-refractivity contribution in [3.8, 4) is 11.5 Å². The van der Waals surface area contributed by atoms with Crippen LogP contribution >= 0.6 is 23.4 Å². The SMILES string of the molecule is COc1ccc(NC(=O)CSC2=NC3(CCN(C)CC3)N=C2c2ccc(Cl)cc2)c(OC)c1. The molecule has 2 aromatic rings. The van der Waals surface area contributed by atoms with Gasteiger partial charge in [-0.15, -0.1) is 0 Å². The molecule has 174 valence electrons. The number of nitrogens with zero attached hydrogens (tertiary/aromatic N) is 3. The topological polar surface area (TPSA) is 75.5 Å². The van der Waals surface area contributed by atoms with Crippen molar-refractivity contribution in [2.24, 2.45) is 9.98 Å². The van der Waals surface area contributed by atoms with Gasteiger partial charge in [-0.25, -0.2) is 4.99 Å². The zero-order valence-electron chi connectivity index (χ0n) is 18.9. The molecule has 0 saturated carbocycles. The number of hydrogen-bond acceptors (Lipinski definition) is 7. The van der Waals surface area contributed by atoms with Crippen LogP contribution in [0.5, 0.6) is 11.5 Å². The summed E-state index contributed by atoms with van der Waals surface area (Å²) in [6.07, 6.45) is 1.72. The summed E-state index contributed by atoms with van der Waals surface area (Å²) in [6.45, 7) is 1.88. The second kappa shape index (κ2) is 10.2. The van der Waals surface area contributed by atoms with E-state index in [-0.39, 0.29) is 11.7 Å². The number of nitrogens with one attached hydrogen (secondary N) is 1. The molecule has 0 bridgehead atoms. The molecular weight excluding hydrogens is 460 g/mol.